The van der Waals surface area contributed by atoms with Crippen LogP contribution in [0.5, 0.6) is 0 Å². The van der Waals surface area contributed by atoms with Crippen molar-refractivity contribution >= 4 is 27.3 Å². The highest BCUT2D eigenvalue weighted by Gasteiger charge is 2.23. The van der Waals surface area contributed by atoms with Crippen molar-refractivity contribution in [3.05, 3.63) is 28.5 Å². The molecule has 0 spiro atoms. The average molecular weight is 261 g/mol. The molecule has 0 unspecified atom stereocenters. The van der Waals surface area contributed by atoms with Crippen LogP contribution >= 0.6 is 11.3 Å². The highest BCUT2D eigenvalue weighted by Crippen LogP contribution is 2.21. The average Bonchev–Trinajstić information content (AvgIpc) is 2.63. The number of carboxylic acids is 1. The summed E-state index contributed by atoms with van der Waals surface area (Å²) >= 11 is 0.878. The fraction of sp³-hybridized carbons (Fsp3) is 0.222. The van der Waals surface area contributed by atoms with E-state index in [-0.39, 0.29) is 16.3 Å². The maximum Gasteiger partial charge on any atom is 0.347 e. The summed E-state index contributed by atoms with van der Waals surface area (Å²) in [5, 5.41) is 10.2. The molecule has 0 aliphatic carbocycles. The van der Waals surface area contributed by atoms with Gasteiger partial charge in [-0.25, -0.2) is 17.9 Å². The Morgan fingerprint density at radius 3 is 2.75 bits per heavy atom. The molecule has 1 aromatic heterocycles. The van der Waals surface area contributed by atoms with Gasteiger partial charge in [0.25, 0.3) is 0 Å². The van der Waals surface area contributed by atoms with Crippen molar-refractivity contribution in [1.29, 1.82) is 0 Å². The largest absolute Gasteiger partial charge is 0.477 e. The summed E-state index contributed by atoms with van der Waals surface area (Å²) in [5.41, 5.74) is 0.649. The third-order valence-electron chi connectivity index (χ3n) is 1.68. The lowest BCUT2D eigenvalue weighted by Crippen LogP contribution is -2.26. The summed E-state index contributed by atoms with van der Waals surface area (Å²) in [7, 11) is -3.77. The van der Waals surface area contributed by atoms with Crippen LogP contribution in [-0.4, -0.2) is 26.0 Å². The predicted molar refractivity (Wildman–Crippen MR) is 61.3 cm³/mol. The number of sulfonamides is 1. The summed E-state index contributed by atoms with van der Waals surface area (Å²) in [6.07, 6.45) is 0. The monoisotopic (exact) mass is 261 g/mol. The van der Waals surface area contributed by atoms with Gasteiger partial charge >= 0.3 is 5.97 Å². The van der Waals surface area contributed by atoms with E-state index in [2.05, 4.69) is 11.3 Å². The second-order valence-electron chi connectivity index (χ2n) is 3.20. The van der Waals surface area contributed by atoms with Crippen molar-refractivity contribution in [2.24, 2.45) is 0 Å². The van der Waals surface area contributed by atoms with Gasteiger partial charge in [-0.05, 0) is 18.4 Å². The Morgan fingerprint density at radius 1 is 1.62 bits per heavy atom. The second-order valence-corrected chi connectivity index (χ2v) is 5.85. The third-order valence-corrected chi connectivity index (χ3v) is 4.15. The number of hydrogen-bond acceptors (Lipinski definition) is 4. The summed E-state index contributed by atoms with van der Waals surface area (Å²) in [6, 6.07) is 1.27. The maximum absolute atomic E-state index is 11.7. The summed E-state index contributed by atoms with van der Waals surface area (Å²) in [6.45, 7) is 5.33. The topological polar surface area (TPSA) is 83.5 Å². The SMILES string of the molecule is C=C(C)CNS(=O)(=O)c1ccsc1C(=O)O. The zero-order valence-corrected chi connectivity index (χ0v) is 10.2. The van der Waals surface area contributed by atoms with E-state index in [4.69, 9.17) is 5.11 Å². The van der Waals surface area contributed by atoms with Crippen molar-refractivity contribution in [3.8, 4) is 0 Å². The quantitative estimate of drug-likeness (QED) is 0.783. The number of hydrogen-bond donors (Lipinski definition) is 2. The predicted octanol–water partition coefficient (Wildman–Crippen LogP) is 1.30. The van der Waals surface area contributed by atoms with Crippen molar-refractivity contribution in [2.45, 2.75) is 11.8 Å². The van der Waals surface area contributed by atoms with E-state index in [1.54, 1.807) is 6.92 Å². The number of carbonyl (C=O) groups is 1. The molecule has 0 saturated heterocycles. The molecular weight excluding hydrogens is 250 g/mol. The van der Waals surface area contributed by atoms with Crippen molar-refractivity contribution in [3.63, 3.8) is 0 Å². The van der Waals surface area contributed by atoms with Gasteiger partial charge in [-0.3, -0.25) is 0 Å². The third kappa shape index (κ3) is 2.91. The number of rotatable bonds is 5. The first-order chi connectivity index (χ1) is 7.34. The van der Waals surface area contributed by atoms with Crippen LogP contribution in [0.2, 0.25) is 0 Å². The van der Waals surface area contributed by atoms with Gasteiger partial charge in [0.1, 0.15) is 9.77 Å². The van der Waals surface area contributed by atoms with E-state index in [1.165, 1.54) is 11.4 Å². The van der Waals surface area contributed by atoms with Gasteiger partial charge in [0, 0.05) is 6.54 Å². The summed E-state index contributed by atoms with van der Waals surface area (Å²) in [5.74, 6) is -1.24. The Kier molecular flexibility index (Phi) is 3.84. The molecule has 1 rings (SSSR count). The minimum atomic E-state index is -3.77. The van der Waals surface area contributed by atoms with E-state index < -0.39 is 16.0 Å². The van der Waals surface area contributed by atoms with Gasteiger partial charge in [0.2, 0.25) is 10.0 Å². The van der Waals surface area contributed by atoms with Gasteiger partial charge < -0.3 is 5.11 Å². The number of aromatic carboxylic acids is 1. The molecule has 0 amide bonds. The fourth-order valence-corrected chi connectivity index (χ4v) is 3.32. The Balaban J connectivity index is 3.03. The molecule has 0 aliphatic heterocycles. The van der Waals surface area contributed by atoms with Crippen molar-refractivity contribution < 1.29 is 18.3 Å². The molecular formula is C9H11NO4S2. The van der Waals surface area contributed by atoms with Crippen LogP contribution in [0, 0.1) is 0 Å². The number of thiophene rings is 1. The van der Waals surface area contributed by atoms with E-state index in [0.29, 0.717) is 5.57 Å². The van der Waals surface area contributed by atoms with Crippen LogP contribution in [0.4, 0.5) is 0 Å². The van der Waals surface area contributed by atoms with Crippen LogP contribution in [-0.2, 0) is 10.0 Å². The minimum absolute atomic E-state index is 0.0945. The molecule has 0 radical (unpaired) electrons. The van der Waals surface area contributed by atoms with Crippen LogP contribution < -0.4 is 4.72 Å². The van der Waals surface area contributed by atoms with Crippen LogP contribution in [0.15, 0.2) is 28.5 Å². The first-order valence-electron chi connectivity index (χ1n) is 4.29. The zero-order valence-electron chi connectivity index (χ0n) is 8.56. The zero-order chi connectivity index (χ0) is 12.3. The Bertz CT molecular complexity index is 515. The second kappa shape index (κ2) is 4.77. The molecule has 0 aliphatic rings. The van der Waals surface area contributed by atoms with E-state index in [1.807, 2.05) is 0 Å². The Morgan fingerprint density at radius 2 is 2.25 bits per heavy atom. The normalized spacial score (nSPS) is 11.3. The van der Waals surface area contributed by atoms with Crippen LogP contribution in [0.3, 0.4) is 0 Å². The molecule has 7 heteroatoms. The fourth-order valence-electron chi connectivity index (χ4n) is 0.961. The molecule has 16 heavy (non-hydrogen) atoms. The summed E-state index contributed by atoms with van der Waals surface area (Å²) < 4.78 is 25.7. The van der Waals surface area contributed by atoms with E-state index in [9.17, 15) is 13.2 Å². The first kappa shape index (κ1) is 12.9. The molecule has 88 valence electrons. The lowest BCUT2D eigenvalue weighted by Gasteiger charge is -2.05. The number of nitrogens with one attached hydrogen (secondary N) is 1. The molecule has 2 N–H and O–H groups in total. The Labute approximate surface area is 97.5 Å². The molecule has 0 atom stereocenters. The highest BCUT2D eigenvalue weighted by molar-refractivity contribution is 7.89. The van der Waals surface area contributed by atoms with Crippen LogP contribution in [0.25, 0.3) is 0 Å². The molecule has 1 aromatic rings. The summed E-state index contributed by atoms with van der Waals surface area (Å²) in [4.78, 5) is 10.4. The standard InChI is InChI=1S/C9H11NO4S2/c1-6(2)5-10-16(13,14)7-3-4-15-8(7)9(11)12/h3-4,10H,1,5H2,2H3,(H,11,12). The van der Waals surface area contributed by atoms with E-state index >= 15 is 0 Å². The van der Waals surface area contributed by atoms with Gasteiger partial charge in [-0.15, -0.1) is 11.3 Å². The number of carboxylic acid groups (broad SMARTS) is 1. The Hall–Kier alpha value is -1.18. The smallest absolute Gasteiger partial charge is 0.347 e. The van der Waals surface area contributed by atoms with Gasteiger partial charge in [0.05, 0.1) is 0 Å². The molecule has 0 aromatic carbocycles. The van der Waals surface area contributed by atoms with Crippen molar-refractivity contribution in [2.75, 3.05) is 6.54 Å². The molecule has 5 nitrogen and oxygen atoms in total. The lowest BCUT2D eigenvalue weighted by atomic mass is 10.4. The molecule has 1 heterocycles. The lowest BCUT2D eigenvalue weighted by molar-refractivity contribution is 0.0698. The molecule has 0 saturated carbocycles. The van der Waals surface area contributed by atoms with E-state index in [0.717, 1.165) is 11.3 Å². The van der Waals surface area contributed by atoms with Crippen LogP contribution in [0.1, 0.15) is 16.6 Å². The van der Waals surface area contributed by atoms with Gasteiger partial charge in [-0.2, -0.15) is 0 Å². The minimum Gasteiger partial charge on any atom is -0.477 e. The van der Waals surface area contributed by atoms with Gasteiger partial charge in [-0.1, -0.05) is 12.2 Å². The van der Waals surface area contributed by atoms with Gasteiger partial charge in [0.15, 0.2) is 0 Å². The molecule has 0 fully saturated rings. The highest BCUT2D eigenvalue weighted by atomic mass is 32.2. The van der Waals surface area contributed by atoms with Crippen molar-refractivity contribution in [1.82, 2.24) is 4.72 Å². The molecule has 0 bridgehead atoms. The first-order valence-corrected chi connectivity index (χ1v) is 6.65. The maximum atomic E-state index is 11.7.